The Hall–Kier alpha value is -1.65. The van der Waals surface area contributed by atoms with Crippen LogP contribution in [0.5, 0.6) is 0 Å². The largest absolute Gasteiger partial charge is 0.382 e. The van der Waals surface area contributed by atoms with Gasteiger partial charge < -0.3 is 5.11 Å². The van der Waals surface area contributed by atoms with Crippen molar-refractivity contribution in [2.24, 2.45) is 7.05 Å². The fourth-order valence-corrected chi connectivity index (χ4v) is 2.83. The number of hydrogen-bond donors (Lipinski definition) is 1. The van der Waals surface area contributed by atoms with Crippen LogP contribution in [-0.4, -0.2) is 14.9 Å². The molecule has 19 heavy (non-hydrogen) atoms. The third-order valence-corrected chi connectivity index (χ3v) is 3.90. The lowest BCUT2D eigenvalue weighted by molar-refractivity contribution is 0.209. The summed E-state index contributed by atoms with van der Waals surface area (Å²) in [6.07, 6.45) is 1.01. The van der Waals surface area contributed by atoms with E-state index in [-0.39, 0.29) is 0 Å². The second kappa shape index (κ2) is 4.79. The third kappa shape index (κ3) is 2.17. The number of aliphatic hydroxyl groups is 1. The Balaban J connectivity index is 2.09. The maximum atomic E-state index is 10.5. The van der Waals surface area contributed by atoms with Crippen LogP contribution in [0.25, 0.3) is 10.8 Å². The van der Waals surface area contributed by atoms with Crippen molar-refractivity contribution in [1.82, 2.24) is 9.78 Å². The first-order valence-corrected chi connectivity index (χ1v) is 6.80. The molecular formula is C15H13BrN2O. The summed E-state index contributed by atoms with van der Waals surface area (Å²) >= 11 is 3.42. The van der Waals surface area contributed by atoms with Gasteiger partial charge in [0.2, 0.25) is 0 Å². The number of aromatic nitrogens is 2. The number of aliphatic hydroxyl groups excluding tert-OH is 1. The van der Waals surface area contributed by atoms with Crippen LogP contribution in [0.1, 0.15) is 17.4 Å². The van der Waals surface area contributed by atoms with Crippen LogP contribution >= 0.6 is 15.9 Å². The second-order valence-corrected chi connectivity index (χ2v) is 5.36. The molecule has 0 saturated carbocycles. The number of benzene rings is 2. The highest BCUT2D eigenvalue weighted by Crippen LogP contribution is 2.29. The highest BCUT2D eigenvalue weighted by atomic mass is 79.9. The zero-order valence-corrected chi connectivity index (χ0v) is 12.0. The van der Waals surface area contributed by atoms with Crippen LogP contribution in [0.4, 0.5) is 0 Å². The molecule has 0 bridgehead atoms. The normalized spacial score (nSPS) is 12.8. The van der Waals surface area contributed by atoms with Gasteiger partial charge in [-0.3, -0.25) is 4.68 Å². The van der Waals surface area contributed by atoms with Gasteiger partial charge in [0.1, 0.15) is 6.10 Å². The molecule has 0 aliphatic carbocycles. The van der Waals surface area contributed by atoms with E-state index in [0.29, 0.717) is 0 Å². The molecule has 0 fully saturated rings. The summed E-state index contributed by atoms with van der Waals surface area (Å²) in [4.78, 5) is 0. The molecule has 0 radical (unpaired) electrons. The summed E-state index contributed by atoms with van der Waals surface area (Å²) in [7, 11) is 1.82. The van der Waals surface area contributed by atoms with Gasteiger partial charge in [0, 0.05) is 7.05 Å². The molecule has 1 aromatic heterocycles. The number of halogens is 1. The summed E-state index contributed by atoms with van der Waals surface area (Å²) in [5.41, 5.74) is 1.62. The Labute approximate surface area is 119 Å². The zero-order chi connectivity index (χ0) is 13.4. The standard InChI is InChI=1S/C15H13BrN2O/c1-18-14(13(16)9-17-18)15(19)12-7-6-10-4-2-3-5-11(10)8-12/h2-9,15,19H,1H3. The average Bonchev–Trinajstić information content (AvgIpc) is 2.77. The Kier molecular flexibility index (Phi) is 3.12. The Morgan fingerprint density at radius 1 is 1.16 bits per heavy atom. The zero-order valence-electron chi connectivity index (χ0n) is 10.4. The lowest BCUT2D eigenvalue weighted by Gasteiger charge is -2.13. The molecular weight excluding hydrogens is 304 g/mol. The molecule has 4 heteroatoms. The van der Waals surface area contributed by atoms with E-state index in [2.05, 4.69) is 27.1 Å². The maximum absolute atomic E-state index is 10.5. The molecule has 3 aromatic rings. The number of fused-ring (bicyclic) bond motifs is 1. The highest BCUT2D eigenvalue weighted by Gasteiger charge is 2.18. The molecule has 1 atom stereocenters. The summed E-state index contributed by atoms with van der Waals surface area (Å²) < 4.78 is 2.50. The molecule has 96 valence electrons. The van der Waals surface area contributed by atoms with Crippen molar-refractivity contribution in [2.45, 2.75) is 6.10 Å². The van der Waals surface area contributed by atoms with Crippen molar-refractivity contribution in [1.29, 1.82) is 0 Å². The van der Waals surface area contributed by atoms with Crippen molar-refractivity contribution >= 4 is 26.7 Å². The molecule has 3 nitrogen and oxygen atoms in total. The first kappa shape index (κ1) is 12.4. The van der Waals surface area contributed by atoms with Gasteiger partial charge in [0.05, 0.1) is 16.4 Å². The van der Waals surface area contributed by atoms with Crippen LogP contribution < -0.4 is 0 Å². The van der Waals surface area contributed by atoms with E-state index in [9.17, 15) is 5.11 Å². The number of hydrogen-bond acceptors (Lipinski definition) is 2. The van der Waals surface area contributed by atoms with Gasteiger partial charge in [-0.05, 0) is 38.3 Å². The molecule has 1 heterocycles. The van der Waals surface area contributed by atoms with Crippen LogP contribution in [0, 0.1) is 0 Å². The van der Waals surface area contributed by atoms with E-state index in [0.717, 1.165) is 21.1 Å². The minimum absolute atomic E-state index is 0.688. The van der Waals surface area contributed by atoms with Gasteiger partial charge in [-0.1, -0.05) is 36.4 Å². The van der Waals surface area contributed by atoms with Crippen molar-refractivity contribution < 1.29 is 5.11 Å². The molecule has 0 aliphatic rings. The van der Waals surface area contributed by atoms with Crippen molar-refractivity contribution in [3.8, 4) is 0 Å². The summed E-state index contributed by atoms with van der Waals surface area (Å²) in [6.45, 7) is 0. The van der Waals surface area contributed by atoms with E-state index in [4.69, 9.17) is 0 Å². The molecule has 1 N–H and O–H groups in total. The Morgan fingerprint density at radius 3 is 2.58 bits per heavy atom. The highest BCUT2D eigenvalue weighted by molar-refractivity contribution is 9.10. The second-order valence-electron chi connectivity index (χ2n) is 4.51. The van der Waals surface area contributed by atoms with Crippen molar-refractivity contribution in [3.63, 3.8) is 0 Å². The first-order chi connectivity index (χ1) is 9.16. The monoisotopic (exact) mass is 316 g/mol. The van der Waals surface area contributed by atoms with Gasteiger partial charge in [0.25, 0.3) is 0 Å². The van der Waals surface area contributed by atoms with Gasteiger partial charge in [-0.25, -0.2) is 0 Å². The van der Waals surface area contributed by atoms with Crippen LogP contribution in [-0.2, 0) is 7.05 Å². The average molecular weight is 317 g/mol. The number of nitrogens with zero attached hydrogens (tertiary/aromatic N) is 2. The number of rotatable bonds is 2. The smallest absolute Gasteiger partial charge is 0.122 e. The number of aryl methyl sites for hydroxylation is 1. The molecule has 2 aromatic carbocycles. The molecule has 3 rings (SSSR count). The minimum Gasteiger partial charge on any atom is -0.382 e. The Morgan fingerprint density at radius 2 is 1.89 bits per heavy atom. The van der Waals surface area contributed by atoms with Crippen LogP contribution in [0.3, 0.4) is 0 Å². The summed E-state index contributed by atoms with van der Waals surface area (Å²) in [6, 6.07) is 14.1. The molecule has 0 saturated heterocycles. The maximum Gasteiger partial charge on any atom is 0.122 e. The van der Waals surface area contributed by atoms with E-state index in [1.165, 1.54) is 5.39 Å². The first-order valence-electron chi connectivity index (χ1n) is 6.01. The van der Waals surface area contributed by atoms with E-state index < -0.39 is 6.10 Å². The fourth-order valence-electron chi connectivity index (χ4n) is 2.26. The quantitative estimate of drug-likeness (QED) is 0.786. The predicted molar refractivity (Wildman–Crippen MR) is 78.9 cm³/mol. The summed E-state index contributed by atoms with van der Waals surface area (Å²) in [5.74, 6) is 0. The van der Waals surface area contributed by atoms with E-state index >= 15 is 0 Å². The molecule has 0 aliphatic heterocycles. The van der Waals surface area contributed by atoms with E-state index in [1.807, 2.05) is 43.4 Å². The van der Waals surface area contributed by atoms with Gasteiger partial charge >= 0.3 is 0 Å². The molecule has 0 amide bonds. The Bertz CT molecular complexity index is 716. The predicted octanol–water partition coefficient (Wildman–Crippen LogP) is 3.42. The van der Waals surface area contributed by atoms with Gasteiger partial charge in [0.15, 0.2) is 0 Å². The van der Waals surface area contributed by atoms with Crippen molar-refractivity contribution in [3.05, 3.63) is 64.4 Å². The lowest BCUT2D eigenvalue weighted by atomic mass is 10.0. The van der Waals surface area contributed by atoms with Gasteiger partial charge in [-0.15, -0.1) is 0 Å². The fraction of sp³-hybridized carbons (Fsp3) is 0.133. The lowest BCUT2D eigenvalue weighted by Crippen LogP contribution is -2.07. The van der Waals surface area contributed by atoms with Crippen LogP contribution in [0.2, 0.25) is 0 Å². The van der Waals surface area contributed by atoms with Crippen molar-refractivity contribution in [2.75, 3.05) is 0 Å². The van der Waals surface area contributed by atoms with E-state index in [1.54, 1.807) is 10.9 Å². The minimum atomic E-state index is -0.688. The van der Waals surface area contributed by atoms with Gasteiger partial charge in [-0.2, -0.15) is 5.10 Å². The SMILES string of the molecule is Cn1ncc(Br)c1C(O)c1ccc2ccccc2c1. The summed E-state index contributed by atoms with van der Waals surface area (Å²) in [5, 5.41) is 16.9. The molecule has 1 unspecified atom stereocenters. The third-order valence-electron chi connectivity index (χ3n) is 3.29. The van der Waals surface area contributed by atoms with Crippen LogP contribution in [0.15, 0.2) is 53.1 Å². The topological polar surface area (TPSA) is 38.0 Å². The molecule has 0 spiro atoms.